The molecule has 0 saturated carbocycles. The van der Waals surface area contributed by atoms with Crippen LogP contribution >= 0.6 is 0 Å². The Hall–Kier alpha value is -0.790. The highest BCUT2D eigenvalue weighted by molar-refractivity contribution is 5.14. The number of rotatable bonds is 19. The Morgan fingerprint density at radius 3 is 1.55 bits per heavy atom. The van der Waals surface area contributed by atoms with E-state index >= 15 is 0 Å². The van der Waals surface area contributed by atoms with Crippen LogP contribution in [0.2, 0.25) is 0 Å². The average Bonchev–Trinajstić information content (AvgIpc) is 2.70. The molecule has 0 saturated heterocycles. The van der Waals surface area contributed by atoms with Gasteiger partial charge < -0.3 is 17.3 Å². The van der Waals surface area contributed by atoms with Crippen LogP contribution in [-0.4, -0.2) is 20.6 Å². The van der Waals surface area contributed by atoms with Crippen LogP contribution in [0, 0.1) is 0 Å². The third-order valence-electron chi connectivity index (χ3n) is 5.64. The summed E-state index contributed by atoms with van der Waals surface area (Å²) in [7, 11) is 4.50. The van der Waals surface area contributed by atoms with Crippen molar-refractivity contribution in [3.8, 4) is 0 Å². The van der Waals surface area contributed by atoms with E-state index in [9.17, 15) is 0 Å². The third-order valence-corrected chi connectivity index (χ3v) is 5.64. The number of hydrogen-bond donors (Lipinski definition) is 1. The molecule has 0 fully saturated rings. The summed E-state index contributed by atoms with van der Waals surface area (Å²) in [5.41, 5.74) is 1.50. The Bertz CT molecular complexity index is 455. The van der Waals surface area contributed by atoms with Crippen LogP contribution in [0.1, 0.15) is 102 Å². The molecule has 0 radical (unpaired) electrons. The van der Waals surface area contributed by atoms with Crippen LogP contribution in [0.5, 0.6) is 0 Å². The van der Waals surface area contributed by atoms with Crippen LogP contribution in [-0.2, 0) is 6.42 Å². The number of unbranched alkanes of at least 4 members (excludes halogenated alkanes) is 13. The predicted octanol–water partition coefficient (Wildman–Crippen LogP) is 3.79. The van der Waals surface area contributed by atoms with Crippen molar-refractivity contribution in [3.63, 3.8) is 0 Å². The summed E-state index contributed by atoms with van der Waals surface area (Å²) in [4.78, 5) is 1.59. The molecule has 168 valence electrons. The number of hydrogen-bond acceptors (Lipinski definition) is 0. The fourth-order valence-corrected chi connectivity index (χ4v) is 3.80. The maximum absolute atomic E-state index is 2.43. The maximum Gasteiger partial charge on any atom is 0.0766 e. The molecule has 0 heterocycles. The SMILES string of the molecule is C[NH+](C)CCCCCCCC/C=C\CCCCCCCCCc1ccccc1.[Cl-]. The van der Waals surface area contributed by atoms with Crippen molar-refractivity contribution in [3.05, 3.63) is 48.0 Å². The van der Waals surface area contributed by atoms with Crippen molar-refractivity contribution in [1.29, 1.82) is 0 Å². The molecule has 0 aliphatic rings. The second kappa shape index (κ2) is 21.9. The minimum atomic E-state index is 0. The fraction of sp³-hybridized carbons (Fsp3) is 0.704. The molecule has 0 bridgehead atoms. The molecule has 0 spiro atoms. The van der Waals surface area contributed by atoms with E-state index in [4.69, 9.17) is 0 Å². The van der Waals surface area contributed by atoms with Gasteiger partial charge in [-0.25, -0.2) is 0 Å². The molecular formula is C27H48ClN. The van der Waals surface area contributed by atoms with Gasteiger partial charge in [-0.3, -0.25) is 0 Å². The van der Waals surface area contributed by atoms with Gasteiger partial charge in [-0.15, -0.1) is 0 Å². The molecule has 0 atom stereocenters. The van der Waals surface area contributed by atoms with Gasteiger partial charge >= 0.3 is 0 Å². The molecule has 1 rings (SSSR count). The van der Waals surface area contributed by atoms with Crippen LogP contribution in [0.25, 0.3) is 0 Å². The Balaban J connectivity index is 0.00000784. The molecule has 2 heteroatoms. The Morgan fingerprint density at radius 1 is 0.586 bits per heavy atom. The first-order chi connectivity index (χ1) is 13.8. The smallest absolute Gasteiger partial charge is 0.0766 e. The number of nitrogens with one attached hydrogen (secondary N) is 1. The number of halogens is 1. The van der Waals surface area contributed by atoms with E-state index in [1.165, 1.54) is 115 Å². The lowest BCUT2D eigenvalue weighted by molar-refractivity contribution is -0.858. The van der Waals surface area contributed by atoms with E-state index < -0.39 is 0 Å². The number of quaternary nitrogens is 1. The fourth-order valence-electron chi connectivity index (χ4n) is 3.80. The molecule has 0 aliphatic heterocycles. The van der Waals surface area contributed by atoms with Crippen molar-refractivity contribution < 1.29 is 17.3 Å². The van der Waals surface area contributed by atoms with Gasteiger partial charge in [-0.2, -0.15) is 0 Å². The number of benzene rings is 1. The lowest BCUT2D eigenvalue weighted by Gasteiger charge is -2.06. The summed E-state index contributed by atoms with van der Waals surface area (Å²) >= 11 is 0. The Labute approximate surface area is 188 Å². The molecule has 1 aromatic rings. The third kappa shape index (κ3) is 20.3. The van der Waals surface area contributed by atoms with Crippen LogP contribution < -0.4 is 17.3 Å². The first-order valence-corrected chi connectivity index (χ1v) is 12.3. The van der Waals surface area contributed by atoms with Gasteiger partial charge in [-0.05, 0) is 56.9 Å². The highest BCUT2D eigenvalue weighted by Gasteiger charge is 1.95. The summed E-state index contributed by atoms with van der Waals surface area (Å²) in [6, 6.07) is 10.9. The summed E-state index contributed by atoms with van der Waals surface area (Å²) in [5, 5.41) is 0. The quantitative estimate of drug-likeness (QED) is 0.256. The average molecular weight is 422 g/mol. The Morgan fingerprint density at radius 2 is 1.03 bits per heavy atom. The van der Waals surface area contributed by atoms with E-state index in [0.29, 0.717) is 0 Å². The van der Waals surface area contributed by atoms with E-state index in [1.807, 2.05) is 0 Å². The van der Waals surface area contributed by atoms with E-state index in [1.54, 1.807) is 4.90 Å². The molecule has 0 unspecified atom stereocenters. The zero-order chi connectivity index (χ0) is 20.1. The topological polar surface area (TPSA) is 4.44 Å². The molecular weight excluding hydrogens is 374 g/mol. The van der Waals surface area contributed by atoms with Crippen LogP contribution in [0.15, 0.2) is 42.5 Å². The van der Waals surface area contributed by atoms with Gasteiger partial charge in [0.25, 0.3) is 0 Å². The van der Waals surface area contributed by atoms with Crippen LogP contribution in [0.3, 0.4) is 0 Å². The van der Waals surface area contributed by atoms with Gasteiger partial charge in [0.2, 0.25) is 0 Å². The highest BCUT2D eigenvalue weighted by atomic mass is 35.5. The summed E-state index contributed by atoms with van der Waals surface area (Å²) in [6.45, 7) is 1.33. The first kappa shape index (κ1) is 28.2. The molecule has 0 amide bonds. The summed E-state index contributed by atoms with van der Waals surface area (Å²) in [6.07, 6.45) is 27.0. The van der Waals surface area contributed by atoms with Crippen molar-refractivity contribution in [1.82, 2.24) is 0 Å². The molecule has 29 heavy (non-hydrogen) atoms. The Kier molecular flexibility index (Phi) is 21.3. The maximum atomic E-state index is 2.43. The zero-order valence-electron chi connectivity index (χ0n) is 19.4. The summed E-state index contributed by atoms with van der Waals surface area (Å²) in [5.74, 6) is 0. The van der Waals surface area contributed by atoms with Crippen molar-refractivity contribution in [2.45, 2.75) is 103 Å². The largest absolute Gasteiger partial charge is 1.00 e. The van der Waals surface area contributed by atoms with E-state index in [2.05, 4.69) is 56.6 Å². The monoisotopic (exact) mass is 421 g/mol. The van der Waals surface area contributed by atoms with Gasteiger partial charge in [0.15, 0.2) is 0 Å². The van der Waals surface area contributed by atoms with Gasteiger partial charge in [0.1, 0.15) is 0 Å². The number of allylic oxidation sites excluding steroid dienone is 2. The van der Waals surface area contributed by atoms with Gasteiger partial charge in [-0.1, -0.05) is 93.9 Å². The molecule has 1 nitrogen and oxygen atoms in total. The molecule has 0 aromatic heterocycles. The second-order valence-corrected chi connectivity index (χ2v) is 8.84. The van der Waals surface area contributed by atoms with Crippen molar-refractivity contribution in [2.24, 2.45) is 0 Å². The standard InChI is InChI=1S/C27H47N.ClH/c1-28(2)26-22-17-15-13-11-9-7-5-3-4-6-8-10-12-14-16-19-23-27-24-20-18-21-25-27;/h3,5,18,20-21,24-25H,4,6-17,19,22-23,26H2,1-2H3;1H/b5-3-;. The summed E-state index contributed by atoms with van der Waals surface area (Å²) < 4.78 is 0. The predicted molar refractivity (Wildman–Crippen MR) is 126 cm³/mol. The second-order valence-electron chi connectivity index (χ2n) is 8.84. The van der Waals surface area contributed by atoms with Crippen LogP contribution in [0.4, 0.5) is 0 Å². The molecule has 0 aliphatic carbocycles. The molecule has 1 N–H and O–H groups in total. The van der Waals surface area contributed by atoms with E-state index in [0.717, 1.165) is 0 Å². The normalized spacial score (nSPS) is 11.3. The zero-order valence-corrected chi connectivity index (χ0v) is 20.2. The molecule has 1 aromatic carbocycles. The van der Waals surface area contributed by atoms with Crippen molar-refractivity contribution in [2.75, 3.05) is 20.6 Å². The number of aryl methyl sites for hydroxylation is 1. The highest BCUT2D eigenvalue weighted by Crippen LogP contribution is 2.12. The minimum absolute atomic E-state index is 0. The first-order valence-electron chi connectivity index (χ1n) is 12.3. The van der Waals surface area contributed by atoms with Gasteiger partial charge in [0.05, 0.1) is 20.6 Å². The lowest BCUT2D eigenvalue weighted by Crippen LogP contribution is -3.05. The minimum Gasteiger partial charge on any atom is -1.00 e. The van der Waals surface area contributed by atoms with E-state index in [-0.39, 0.29) is 12.4 Å². The van der Waals surface area contributed by atoms with Gasteiger partial charge in [0, 0.05) is 0 Å². The lowest BCUT2D eigenvalue weighted by atomic mass is 10.0. The van der Waals surface area contributed by atoms with Crippen molar-refractivity contribution >= 4 is 0 Å².